The zero-order valence-electron chi connectivity index (χ0n) is 9.47. The van der Waals surface area contributed by atoms with Crippen molar-refractivity contribution in [1.29, 1.82) is 0 Å². The summed E-state index contributed by atoms with van der Waals surface area (Å²) in [5.41, 5.74) is 7.20. The van der Waals surface area contributed by atoms with Crippen molar-refractivity contribution in [2.45, 2.75) is 6.54 Å². The van der Waals surface area contributed by atoms with Gasteiger partial charge in [-0.3, -0.25) is 0 Å². The second-order valence-corrected chi connectivity index (χ2v) is 3.62. The summed E-state index contributed by atoms with van der Waals surface area (Å²) < 4.78 is 13.1. The van der Waals surface area contributed by atoms with Crippen molar-refractivity contribution in [3.8, 4) is 0 Å². The lowest BCUT2D eigenvalue weighted by molar-refractivity contribution is 0.628. The number of hydrogen-bond donors (Lipinski definition) is 1. The van der Waals surface area contributed by atoms with Crippen LogP contribution < -0.4 is 10.6 Å². The van der Waals surface area contributed by atoms with Gasteiger partial charge < -0.3 is 10.6 Å². The summed E-state index contributed by atoms with van der Waals surface area (Å²) in [4.78, 5) is 1.76. The van der Waals surface area contributed by atoms with Crippen LogP contribution in [0.3, 0.4) is 0 Å². The van der Waals surface area contributed by atoms with Gasteiger partial charge in [0.05, 0.1) is 6.20 Å². The molecule has 1 aromatic carbocycles. The average molecular weight is 232 g/mol. The van der Waals surface area contributed by atoms with Gasteiger partial charge in [-0.2, -0.15) is 5.10 Å². The van der Waals surface area contributed by atoms with E-state index in [2.05, 4.69) is 10.2 Å². The van der Waals surface area contributed by atoms with Gasteiger partial charge in [0.1, 0.15) is 5.82 Å². The third kappa shape index (κ3) is 2.39. The molecule has 4 nitrogen and oxygen atoms in total. The SMILES string of the molecule is CN(c1cccc(F)c1)c1nnccc1CN. The van der Waals surface area contributed by atoms with Gasteiger partial charge in [0, 0.05) is 24.8 Å². The number of anilines is 2. The molecule has 88 valence electrons. The Labute approximate surface area is 98.9 Å². The Kier molecular flexibility index (Phi) is 3.30. The molecule has 0 aliphatic rings. The molecule has 2 aromatic rings. The molecule has 0 aliphatic heterocycles. The van der Waals surface area contributed by atoms with Crippen LogP contribution in [0.1, 0.15) is 5.56 Å². The van der Waals surface area contributed by atoms with Crippen LogP contribution >= 0.6 is 0 Å². The number of nitrogens with two attached hydrogens (primary N) is 1. The number of hydrogen-bond acceptors (Lipinski definition) is 4. The highest BCUT2D eigenvalue weighted by Gasteiger charge is 2.10. The Balaban J connectivity index is 2.40. The maximum atomic E-state index is 13.1. The van der Waals surface area contributed by atoms with E-state index in [1.165, 1.54) is 12.1 Å². The maximum Gasteiger partial charge on any atom is 0.159 e. The monoisotopic (exact) mass is 232 g/mol. The van der Waals surface area contributed by atoms with Gasteiger partial charge in [-0.05, 0) is 24.3 Å². The number of rotatable bonds is 3. The highest BCUT2D eigenvalue weighted by molar-refractivity contribution is 5.61. The fourth-order valence-corrected chi connectivity index (χ4v) is 1.60. The number of halogens is 1. The number of aromatic nitrogens is 2. The lowest BCUT2D eigenvalue weighted by Crippen LogP contribution is -2.15. The highest BCUT2D eigenvalue weighted by Crippen LogP contribution is 2.24. The molecule has 1 heterocycles. The molecular weight excluding hydrogens is 219 g/mol. The molecule has 0 spiro atoms. The molecule has 0 saturated heterocycles. The first kappa shape index (κ1) is 11.5. The molecule has 2 N–H and O–H groups in total. The fraction of sp³-hybridized carbons (Fsp3) is 0.167. The summed E-state index contributed by atoms with van der Waals surface area (Å²) in [5.74, 6) is 0.355. The molecule has 0 unspecified atom stereocenters. The van der Waals surface area contributed by atoms with Crippen molar-refractivity contribution < 1.29 is 4.39 Å². The molecule has 0 aliphatic carbocycles. The minimum Gasteiger partial charge on any atom is -0.328 e. The lowest BCUT2D eigenvalue weighted by atomic mass is 10.2. The predicted octanol–water partition coefficient (Wildman–Crippen LogP) is 1.84. The van der Waals surface area contributed by atoms with E-state index in [0.29, 0.717) is 18.1 Å². The molecule has 5 heteroatoms. The minimum absolute atomic E-state index is 0.285. The van der Waals surface area contributed by atoms with Crippen LogP contribution in [-0.4, -0.2) is 17.2 Å². The minimum atomic E-state index is -0.285. The van der Waals surface area contributed by atoms with Crippen molar-refractivity contribution in [2.24, 2.45) is 5.73 Å². The quantitative estimate of drug-likeness (QED) is 0.877. The van der Waals surface area contributed by atoms with Gasteiger partial charge in [0.15, 0.2) is 5.82 Å². The van der Waals surface area contributed by atoms with E-state index >= 15 is 0 Å². The van der Waals surface area contributed by atoms with E-state index in [1.54, 1.807) is 36.3 Å². The molecule has 0 fully saturated rings. The van der Waals surface area contributed by atoms with Crippen LogP contribution in [0, 0.1) is 5.82 Å². The predicted molar refractivity (Wildman–Crippen MR) is 64.4 cm³/mol. The van der Waals surface area contributed by atoms with Crippen LogP contribution in [0.2, 0.25) is 0 Å². The van der Waals surface area contributed by atoms with Gasteiger partial charge in [-0.15, -0.1) is 5.10 Å². The molecule has 0 saturated carbocycles. The Hall–Kier alpha value is -2.01. The Morgan fingerprint density at radius 1 is 1.35 bits per heavy atom. The molecule has 17 heavy (non-hydrogen) atoms. The highest BCUT2D eigenvalue weighted by atomic mass is 19.1. The average Bonchev–Trinajstić information content (AvgIpc) is 2.38. The standard InChI is InChI=1S/C12H13FN4/c1-17(11-4-2-3-10(13)7-11)12-9(8-14)5-6-15-16-12/h2-7H,8,14H2,1H3. The van der Waals surface area contributed by atoms with E-state index in [1.807, 2.05) is 0 Å². The zero-order chi connectivity index (χ0) is 12.3. The van der Waals surface area contributed by atoms with Gasteiger partial charge in [-0.1, -0.05) is 6.07 Å². The van der Waals surface area contributed by atoms with Gasteiger partial charge in [0.25, 0.3) is 0 Å². The van der Waals surface area contributed by atoms with E-state index in [4.69, 9.17) is 5.73 Å². The van der Waals surface area contributed by atoms with Crippen LogP contribution in [0.5, 0.6) is 0 Å². The second-order valence-electron chi connectivity index (χ2n) is 3.62. The Morgan fingerprint density at radius 3 is 2.88 bits per heavy atom. The molecular formula is C12H13FN4. The van der Waals surface area contributed by atoms with E-state index in [9.17, 15) is 4.39 Å². The van der Waals surface area contributed by atoms with Crippen molar-refractivity contribution >= 4 is 11.5 Å². The van der Waals surface area contributed by atoms with Crippen LogP contribution in [0.15, 0.2) is 36.5 Å². The summed E-state index contributed by atoms with van der Waals surface area (Å²) in [6.07, 6.45) is 1.59. The third-order valence-corrected chi connectivity index (χ3v) is 2.52. The molecule has 0 atom stereocenters. The summed E-state index contributed by atoms with van der Waals surface area (Å²) in [6, 6.07) is 8.10. The van der Waals surface area contributed by atoms with Crippen molar-refractivity contribution in [1.82, 2.24) is 10.2 Å². The van der Waals surface area contributed by atoms with Gasteiger partial charge >= 0.3 is 0 Å². The summed E-state index contributed by atoms with van der Waals surface area (Å²) in [6.45, 7) is 0.366. The fourth-order valence-electron chi connectivity index (χ4n) is 1.60. The summed E-state index contributed by atoms with van der Waals surface area (Å²) in [7, 11) is 1.80. The smallest absolute Gasteiger partial charge is 0.159 e. The second kappa shape index (κ2) is 4.88. The number of nitrogens with zero attached hydrogens (tertiary/aromatic N) is 3. The lowest BCUT2D eigenvalue weighted by Gasteiger charge is -2.19. The van der Waals surface area contributed by atoms with Gasteiger partial charge in [-0.25, -0.2) is 4.39 Å². The van der Waals surface area contributed by atoms with E-state index < -0.39 is 0 Å². The first-order valence-corrected chi connectivity index (χ1v) is 5.22. The molecule has 0 bridgehead atoms. The van der Waals surface area contributed by atoms with Crippen molar-refractivity contribution in [2.75, 3.05) is 11.9 Å². The van der Waals surface area contributed by atoms with Crippen LogP contribution in [0.4, 0.5) is 15.9 Å². The molecule has 0 radical (unpaired) electrons. The molecule has 2 rings (SSSR count). The van der Waals surface area contributed by atoms with E-state index in [0.717, 1.165) is 5.56 Å². The normalized spacial score (nSPS) is 10.3. The van der Waals surface area contributed by atoms with Crippen molar-refractivity contribution in [3.63, 3.8) is 0 Å². The Morgan fingerprint density at radius 2 is 2.18 bits per heavy atom. The topological polar surface area (TPSA) is 55.0 Å². The van der Waals surface area contributed by atoms with Crippen LogP contribution in [-0.2, 0) is 6.54 Å². The van der Waals surface area contributed by atoms with Gasteiger partial charge in [0.2, 0.25) is 0 Å². The first-order valence-electron chi connectivity index (χ1n) is 5.22. The molecule has 1 aromatic heterocycles. The Bertz CT molecular complexity index is 515. The summed E-state index contributed by atoms with van der Waals surface area (Å²) >= 11 is 0. The number of benzene rings is 1. The summed E-state index contributed by atoms with van der Waals surface area (Å²) in [5, 5.41) is 7.85. The zero-order valence-corrected chi connectivity index (χ0v) is 9.47. The van der Waals surface area contributed by atoms with Crippen molar-refractivity contribution in [3.05, 3.63) is 47.9 Å². The maximum absolute atomic E-state index is 13.1. The van der Waals surface area contributed by atoms with Crippen LogP contribution in [0.25, 0.3) is 0 Å². The molecule has 0 amide bonds. The third-order valence-electron chi connectivity index (χ3n) is 2.52. The van der Waals surface area contributed by atoms with E-state index in [-0.39, 0.29) is 5.82 Å². The first-order chi connectivity index (χ1) is 8.22. The largest absolute Gasteiger partial charge is 0.328 e.